The van der Waals surface area contributed by atoms with Crippen LogP contribution in [-0.4, -0.2) is 6.09 Å². The van der Waals surface area contributed by atoms with Gasteiger partial charge in [0.1, 0.15) is 6.07 Å². The number of hydrogen-bond acceptors (Lipinski definition) is 3. The second-order valence-corrected chi connectivity index (χ2v) is 2.99. The van der Waals surface area contributed by atoms with E-state index in [4.69, 9.17) is 22.6 Å². The van der Waals surface area contributed by atoms with Crippen LogP contribution < -0.4 is 10.5 Å². The van der Waals surface area contributed by atoms with Crippen molar-refractivity contribution in [3.05, 3.63) is 28.3 Å². The zero-order valence-electron chi connectivity index (χ0n) is 7.37. The van der Waals surface area contributed by atoms with E-state index in [9.17, 15) is 4.79 Å². The Morgan fingerprint density at radius 3 is 2.79 bits per heavy atom. The van der Waals surface area contributed by atoms with Gasteiger partial charge in [0.15, 0.2) is 5.75 Å². The summed E-state index contributed by atoms with van der Waals surface area (Å²) in [7, 11) is 0. The molecule has 14 heavy (non-hydrogen) atoms. The van der Waals surface area contributed by atoms with E-state index in [-0.39, 0.29) is 11.3 Å². The molecule has 0 saturated carbocycles. The third-order valence-corrected chi connectivity index (χ3v) is 2.09. The number of benzene rings is 1. The maximum absolute atomic E-state index is 10.5. The van der Waals surface area contributed by atoms with Crippen molar-refractivity contribution in [1.82, 2.24) is 0 Å². The molecule has 0 heterocycles. The number of primary amides is 1. The Hall–Kier alpha value is -1.73. The Bertz CT molecular complexity index is 424. The monoisotopic (exact) mass is 210 g/mol. The zero-order chi connectivity index (χ0) is 10.7. The van der Waals surface area contributed by atoms with Crippen LogP contribution in [0.3, 0.4) is 0 Å². The molecule has 4 nitrogen and oxygen atoms in total. The van der Waals surface area contributed by atoms with Crippen molar-refractivity contribution in [3.8, 4) is 11.8 Å². The van der Waals surface area contributed by atoms with Crippen LogP contribution in [-0.2, 0) is 0 Å². The smallest absolute Gasteiger partial charge is 0.409 e. The number of carbonyl (C=O) groups is 1. The Labute approximate surface area is 85.8 Å². The van der Waals surface area contributed by atoms with Gasteiger partial charge in [0.25, 0.3) is 0 Å². The van der Waals surface area contributed by atoms with E-state index >= 15 is 0 Å². The number of rotatable bonds is 1. The van der Waals surface area contributed by atoms with Crippen molar-refractivity contribution in [2.24, 2.45) is 5.73 Å². The van der Waals surface area contributed by atoms with E-state index in [0.717, 1.165) is 0 Å². The third kappa shape index (κ3) is 1.95. The fourth-order valence-electron chi connectivity index (χ4n) is 0.994. The molecule has 1 rings (SSSR count). The van der Waals surface area contributed by atoms with Crippen LogP contribution in [0.15, 0.2) is 12.1 Å². The first-order valence-electron chi connectivity index (χ1n) is 3.72. The summed E-state index contributed by atoms with van der Waals surface area (Å²) in [5, 5.41) is 9.24. The lowest BCUT2D eigenvalue weighted by Gasteiger charge is -2.06. The van der Waals surface area contributed by atoms with Crippen LogP contribution in [0.25, 0.3) is 0 Å². The second kappa shape index (κ2) is 3.99. The first kappa shape index (κ1) is 10.4. The van der Waals surface area contributed by atoms with Crippen LogP contribution in [0, 0.1) is 18.3 Å². The molecule has 0 aliphatic carbocycles. The molecule has 1 aromatic carbocycles. The van der Waals surface area contributed by atoms with Gasteiger partial charge in [-0.3, -0.25) is 0 Å². The highest BCUT2D eigenvalue weighted by molar-refractivity contribution is 6.31. The number of ether oxygens (including phenoxy) is 1. The minimum absolute atomic E-state index is 0.127. The summed E-state index contributed by atoms with van der Waals surface area (Å²) in [6.45, 7) is 1.66. The van der Waals surface area contributed by atoms with Crippen molar-refractivity contribution in [1.29, 1.82) is 5.26 Å². The highest BCUT2D eigenvalue weighted by Gasteiger charge is 2.11. The van der Waals surface area contributed by atoms with Gasteiger partial charge >= 0.3 is 6.09 Å². The summed E-state index contributed by atoms with van der Waals surface area (Å²) < 4.78 is 4.63. The van der Waals surface area contributed by atoms with E-state index in [0.29, 0.717) is 10.6 Å². The van der Waals surface area contributed by atoms with E-state index in [1.807, 2.05) is 6.07 Å². The van der Waals surface area contributed by atoms with E-state index in [2.05, 4.69) is 4.74 Å². The number of amides is 1. The topological polar surface area (TPSA) is 76.1 Å². The first-order chi connectivity index (χ1) is 6.56. The highest BCUT2D eigenvalue weighted by atomic mass is 35.5. The molecule has 0 aliphatic rings. The van der Waals surface area contributed by atoms with Gasteiger partial charge in [-0.2, -0.15) is 5.26 Å². The van der Waals surface area contributed by atoms with Crippen LogP contribution >= 0.6 is 11.6 Å². The minimum atomic E-state index is -0.955. The Morgan fingerprint density at radius 1 is 1.64 bits per heavy atom. The Morgan fingerprint density at radius 2 is 2.29 bits per heavy atom. The minimum Gasteiger partial charge on any atom is -0.409 e. The Kier molecular flexibility index (Phi) is 2.95. The summed E-state index contributed by atoms with van der Waals surface area (Å²) in [4.78, 5) is 10.5. The number of nitrogens with zero attached hydrogens (tertiary/aromatic N) is 1. The predicted molar refractivity (Wildman–Crippen MR) is 51.1 cm³/mol. The normalized spacial score (nSPS) is 9.21. The third-order valence-electron chi connectivity index (χ3n) is 1.68. The lowest BCUT2D eigenvalue weighted by molar-refractivity contribution is 0.210. The molecule has 72 valence electrons. The quantitative estimate of drug-likeness (QED) is 0.770. The van der Waals surface area contributed by atoms with Crippen LogP contribution in [0.1, 0.15) is 11.1 Å². The molecule has 2 N–H and O–H groups in total. The molecule has 0 unspecified atom stereocenters. The molecule has 0 saturated heterocycles. The van der Waals surface area contributed by atoms with Crippen molar-refractivity contribution >= 4 is 17.7 Å². The van der Waals surface area contributed by atoms with Gasteiger partial charge in [-0.15, -0.1) is 0 Å². The molecular formula is C9H7ClN2O2. The van der Waals surface area contributed by atoms with Crippen molar-refractivity contribution in [2.45, 2.75) is 6.92 Å². The summed E-state index contributed by atoms with van der Waals surface area (Å²) in [6, 6.07) is 4.86. The van der Waals surface area contributed by atoms with Crippen molar-refractivity contribution in [3.63, 3.8) is 0 Å². The van der Waals surface area contributed by atoms with Gasteiger partial charge < -0.3 is 10.5 Å². The molecule has 0 fully saturated rings. The summed E-state index contributed by atoms with van der Waals surface area (Å²) >= 11 is 5.78. The van der Waals surface area contributed by atoms with Crippen LogP contribution in [0.5, 0.6) is 5.75 Å². The molecule has 0 aliphatic heterocycles. The van der Waals surface area contributed by atoms with E-state index in [1.54, 1.807) is 6.92 Å². The molecule has 0 radical (unpaired) electrons. The van der Waals surface area contributed by atoms with E-state index in [1.165, 1.54) is 12.1 Å². The standard InChI is InChI=1S/C9H7ClN2O2/c1-5-6(4-11)8(14-9(12)13)3-2-7(5)10/h2-3H,1H3,(H2,12,13). The summed E-state index contributed by atoms with van der Waals surface area (Å²) in [5.74, 6) is 0.127. The van der Waals surface area contributed by atoms with Gasteiger partial charge in [0.05, 0.1) is 5.56 Å². The molecule has 0 aromatic heterocycles. The lowest BCUT2D eigenvalue weighted by atomic mass is 10.1. The largest absolute Gasteiger partial charge is 0.410 e. The maximum Gasteiger partial charge on any atom is 0.410 e. The van der Waals surface area contributed by atoms with Gasteiger partial charge in [0.2, 0.25) is 0 Å². The lowest BCUT2D eigenvalue weighted by Crippen LogP contribution is -2.17. The van der Waals surface area contributed by atoms with Crippen LogP contribution in [0.2, 0.25) is 5.02 Å². The number of nitriles is 1. The highest BCUT2D eigenvalue weighted by Crippen LogP contribution is 2.27. The van der Waals surface area contributed by atoms with Gasteiger partial charge in [-0.05, 0) is 24.6 Å². The fourth-order valence-corrected chi connectivity index (χ4v) is 1.15. The van der Waals surface area contributed by atoms with Crippen LogP contribution in [0.4, 0.5) is 4.79 Å². The number of hydrogen-bond donors (Lipinski definition) is 1. The van der Waals surface area contributed by atoms with Crippen molar-refractivity contribution in [2.75, 3.05) is 0 Å². The van der Waals surface area contributed by atoms with Gasteiger partial charge in [-0.25, -0.2) is 4.79 Å². The predicted octanol–water partition coefficient (Wildman–Crippen LogP) is 1.98. The van der Waals surface area contributed by atoms with E-state index < -0.39 is 6.09 Å². The molecule has 5 heteroatoms. The molecule has 0 atom stereocenters. The maximum atomic E-state index is 10.5. The van der Waals surface area contributed by atoms with Crippen molar-refractivity contribution < 1.29 is 9.53 Å². The fraction of sp³-hybridized carbons (Fsp3) is 0.111. The first-order valence-corrected chi connectivity index (χ1v) is 4.10. The number of carbonyl (C=O) groups excluding carboxylic acids is 1. The molecule has 0 spiro atoms. The number of nitrogens with two attached hydrogens (primary N) is 1. The summed E-state index contributed by atoms with van der Waals surface area (Å²) in [5.41, 5.74) is 5.61. The SMILES string of the molecule is Cc1c(Cl)ccc(OC(N)=O)c1C#N. The molecule has 1 aromatic rings. The summed E-state index contributed by atoms with van der Waals surface area (Å²) in [6.07, 6.45) is -0.955. The van der Waals surface area contributed by atoms with Gasteiger partial charge in [0, 0.05) is 5.02 Å². The average molecular weight is 211 g/mol. The average Bonchev–Trinajstić information content (AvgIpc) is 2.11. The second-order valence-electron chi connectivity index (χ2n) is 2.58. The van der Waals surface area contributed by atoms with Gasteiger partial charge in [-0.1, -0.05) is 11.6 Å². The molecule has 0 bridgehead atoms. The zero-order valence-corrected chi connectivity index (χ0v) is 8.13. The molecular weight excluding hydrogens is 204 g/mol. The molecule has 1 amide bonds. The number of halogens is 1. The Balaban J connectivity index is 3.26.